The molecule has 1 N–H and O–H groups in total. The lowest BCUT2D eigenvalue weighted by Crippen LogP contribution is -2.15. The Morgan fingerprint density at radius 3 is 2.78 bits per heavy atom. The molecule has 134 valence electrons. The fourth-order valence-electron chi connectivity index (χ4n) is 2.66. The van der Waals surface area contributed by atoms with Gasteiger partial charge in [0.25, 0.3) is 0 Å². The van der Waals surface area contributed by atoms with Crippen molar-refractivity contribution in [3.63, 3.8) is 0 Å². The monoisotopic (exact) mass is 360 g/mol. The molecular weight excluding hydrogens is 344 g/mol. The largest absolute Gasteiger partial charge is 0.441 e. The number of anilines is 1. The Morgan fingerprint density at radius 2 is 2.00 bits per heavy atom. The number of carbonyl (C=O) groups excluding carboxylic acids is 1. The van der Waals surface area contributed by atoms with E-state index in [1.54, 1.807) is 19.1 Å². The van der Waals surface area contributed by atoms with Gasteiger partial charge in [-0.1, -0.05) is 24.3 Å². The number of aromatic nitrogens is 5. The molecule has 0 bridgehead atoms. The number of nitrogens with one attached hydrogen (secondary N) is 1. The predicted octanol–water partition coefficient (Wildman–Crippen LogP) is 2.81. The van der Waals surface area contributed by atoms with E-state index in [-0.39, 0.29) is 12.3 Å². The minimum atomic E-state index is -0.181. The molecule has 0 spiro atoms. The van der Waals surface area contributed by atoms with Gasteiger partial charge in [-0.2, -0.15) is 0 Å². The molecule has 27 heavy (non-hydrogen) atoms. The summed E-state index contributed by atoms with van der Waals surface area (Å²) in [6.07, 6.45) is 1.61. The highest BCUT2D eigenvalue weighted by atomic mass is 16.4. The van der Waals surface area contributed by atoms with E-state index >= 15 is 0 Å². The number of rotatable bonds is 5. The molecule has 4 rings (SSSR count). The molecule has 2 aromatic carbocycles. The van der Waals surface area contributed by atoms with Crippen molar-refractivity contribution < 1.29 is 9.21 Å². The van der Waals surface area contributed by atoms with E-state index in [9.17, 15) is 4.79 Å². The number of oxazole rings is 1. The Bertz CT molecular complexity index is 1060. The molecule has 0 aliphatic rings. The Kier molecular flexibility index (Phi) is 4.44. The second-order valence-corrected chi connectivity index (χ2v) is 5.92. The van der Waals surface area contributed by atoms with Gasteiger partial charge in [0.1, 0.15) is 12.1 Å². The molecule has 1 amide bonds. The average Bonchev–Trinajstić information content (AvgIpc) is 3.33. The Balaban J connectivity index is 1.47. The van der Waals surface area contributed by atoms with E-state index in [1.807, 2.05) is 42.5 Å². The lowest BCUT2D eigenvalue weighted by molar-refractivity contribution is -0.115. The van der Waals surface area contributed by atoms with Crippen LogP contribution in [0, 0.1) is 6.92 Å². The smallest absolute Gasteiger partial charge is 0.230 e. The second kappa shape index (κ2) is 7.20. The van der Waals surface area contributed by atoms with Crippen LogP contribution in [0.25, 0.3) is 17.1 Å². The molecule has 0 saturated carbocycles. The highest BCUT2D eigenvalue weighted by molar-refractivity contribution is 5.92. The van der Waals surface area contributed by atoms with Gasteiger partial charge in [0, 0.05) is 11.3 Å². The minimum absolute atomic E-state index is 0.122. The van der Waals surface area contributed by atoms with Crippen molar-refractivity contribution in [2.75, 3.05) is 5.32 Å². The molecule has 0 aliphatic carbocycles. The first kappa shape index (κ1) is 16.6. The zero-order valence-corrected chi connectivity index (χ0v) is 14.5. The zero-order chi connectivity index (χ0) is 18.6. The number of benzene rings is 2. The molecular formula is C19H16N6O2. The molecule has 2 heterocycles. The van der Waals surface area contributed by atoms with Gasteiger partial charge < -0.3 is 9.73 Å². The van der Waals surface area contributed by atoms with Gasteiger partial charge in [0.05, 0.1) is 17.8 Å². The van der Waals surface area contributed by atoms with Crippen molar-refractivity contribution in [3.8, 4) is 17.1 Å². The van der Waals surface area contributed by atoms with E-state index in [2.05, 4.69) is 25.8 Å². The molecule has 0 radical (unpaired) electrons. The number of hydrogen-bond donors (Lipinski definition) is 1. The summed E-state index contributed by atoms with van der Waals surface area (Å²) in [6.45, 7) is 1.81. The summed E-state index contributed by atoms with van der Waals surface area (Å²) in [5.41, 5.74) is 2.89. The van der Waals surface area contributed by atoms with Crippen molar-refractivity contribution in [2.45, 2.75) is 13.3 Å². The summed E-state index contributed by atoms with van der Waals surface area (Å²) in [4.78, 5) is 16.9. The van der Waals surface area contributed by atoms with E-state index in [0.29, 0.717) is 23.0 Å². The van der Waals surface area contributed by atoms with Crippen LogP contribution in [-0.2, 0) is 11.2 Å². The van der Waals surface area contributed by atoms with Crippen molar-refractivity contribution in [3.05, 3.63) is 72.4 Å². The van der Waals surface area contributed by atoms with Crippen molar-refractivity contribution in [2.24, 2.45) is 0 Å². The highest BCUT2D eigenvalue weighted by Crippen LogP contribution is 2.22. The lowest BCUT2D eigenvalue weighted by atomic mass is 10.2. The van der Waals surface area contributed by atoms with Crippen molar-refractivity contribution in [1.29, 1.82) is 0 Å². The van der Waals surface area contributed by atoms with Gasteiger partial charge >= 0.3 is 0 Å². The third-order valence-electron chi connectivity index (χ3n) is 3.98. The molecule has 4 aromatic rings. The third-order valence-corrected chi connectivity index (χ3v) is 3.98. The molecule has 0 saturated heterocycles. The van der Waals surface area contributed by atoms with Crippen LogP contribution in [0.3, 0.4) is 0 Å². The summed E-state index contributed by atoms with van der Waals surface area (Å²) >= 11 is 0. The fraction of sp³-hybridized carbons (Fsp3) is 0.105. The van der Waals surface area contributed by atoms with Gasteiger partial charge in [-0.25, -0.2) is 9.67 Å². The third kappa shape index (κ3) is 3.74. The highest BCUT2D eigenvalue weighted by Gasteiger charge is 2.15. The zero-order valence-electron chi connectivity index (χ0n) is 14.5. The summed E-state index contributed by atoms with van der Waals surface area (Å²) in [5, 5.41) is 13.9. The normalized spacial score (nSPS) is 10.7. The molecule has 0 aliphatic heterocycles. The fourth-order valence-corrected chi connectivity index (χ4v) is 2.66. The molecule has 0 fully saturated rings. The number of amides is 1. The van der Waals surface area contributed by atoms with Gasteiger partial charge in [0.15, 0.2) is 0 Å². The van der Waals surface area contributed by atoms with Crippen molar-refractivity contribution in [1.82, 2.24) is 25.2 Å². The number of tetrazole rings is 1. The topological polar surface area (TPSA) is 98.7 Å². The average molecular weight is 360 g/mol. The Labute approximate surface area is 154 Å². The van der Waals surface area contributed by atoms with Crippen LogP contribution in [0.5, 0.6) is 0 Å². The Hall–Kier alpha value is -3.81. The molecule has 2 aromatic heterocycles. The summed E-state index contributed by atoms with van der Waals surface area (Å²) in [7, 11) is 0. The maximum absolute atomic E-state index is 12.4. The number of carbonyl (C=O) groups is 1. The number of aryl methyl sites for hydroxylation is 1. The van der Waals surface area contributed by atoms with Crippen LogP contribution in [0.1, 0.15) is 11.5 Å². The van der Waals surface area contributed by atoms with Crippen LogP contribution in [0.2, 0.25) is 0 Å². The SMILES string of the molecule is Cc1oc(-c2ccccc2)nc1CC(=O)Nc1cccc(-n2cnnn2)c1. The van der Waals surface area contributed by atoms with E-state index in [4.69, 9.17) is 4.42 Å². The van der Waals surface area contributed by atoms with Crippen LogP contribution in [0.15, 0.2) is 65.3 Å². The first-order valence-corrected chi connectivity index (χ1v) is 8.34. The minimum Gasteiger partial charge on any atom is -0.441 e. The summed E-state index contributed by atoms with van der Waals surface area (Å²) in [6, 6.07) is 16.9. The predicted molar refractivity (Wildman–Crippen MR) is 98.2 cm³/mol. The standard InChI is InChI=1S/C19H16N6O2/c1-13-17(22-19(27-13)14-6-3-2-4-7-14)11-18(26)21-15-8-5-9-16(10-15)25-12-20-23-24-25/h2-10,12H,11H2,1H3,(H,21,26). The molecule has 0 unspecified atom stereocenters. The van der Waals surface area contributed by atoms with E-state index in [1.165, 1.54) is 11.0 Å². The van der Waals surface area contributed by atoms with Crippen LogP contribution in [-0.4, -0.2) is 31.1 Å². The van der Waals surface area contributed by atoms with E-state index < -0.39 is 0 Å². The van der Waals surface area contributed by atoms with Gasteiger partial charge in [-0.3, -0.25) is 4.79 Å². The van der Waals surface area contributed by atoms with E-state index in [0.717, 1.165) is 11.3 Å². The van der Waals surface area contributed by atoms with Crippen LogP contribution >= 0.6 is 0 Å². The number of hydrogen-bond acceptors (Lipinski definition) is 6. The van der Waals surface area contributed by atoms with Gasteiger partial charge in [-0.15, -0.1) is 5.10 Å². The molecule has 8 heteroatoms. The quantitative estimate of drug-likeness (QED) is 0.587. The molecule has 0 atom stereocenters. The Morgan fingerprint density at radius 1 is 1.15 bits per heavy atom. The summed E-state index contributed by atoms with van der Waals surface area (Å²) in [5.74, 6) is 0.961. The van der Waals surface area contributed by atoms with Gasteiger partial charge in [0.2, 0.25) is 11.8 Å². The second-order valence-electron chi connectivity index (χ2n) is 5.92. The van der Waals surface area contributed by atoms with Crippen molar-refractivity contribution >= 4 is 11.6 Å². The van der Waals surface area contributed by atoms with Crippen LogP contribution < -0.4 is 5.32 Å². The van der Waals surface area contributed by atoms with Crippen LogP contribution in [0.4, 0.5) is 5.69 Å². The summed E-state index contributed by atoms with van der Waals surface area (Å²) < 4.78 is 7.22. The first-order valence-electron chi connectivity index (χ1n) is 8.34. The maximum atomic E-state index is 12.4. The molecule has 8 nitrogen and oxygen atoms in total. The first-order chi connectivity index (χ1) is 13.2. The lowest BCUT2D eigenvalue weighted by Gasteiger charge is -2.06. The number of nitrogens with zero attached hydrogens (tertiary/aromatic N) is 5. The van der Waals surface area contributed by atoms with Gasteiger partial charge in [-0.05, 0) is 47.7 Å². The maximum Gasteiger partial charge on any atom is 0.230 e.